The highest BCUT2D eigenvalue weighted by molar-refractivity contribution is 5.52. The number of ether oxygens (including phenoxy) is 1. The zero-order chi connectivity index (χ0) is 19.5. The van der Waals surface area contributed by atoms with Crippen LogP contribution in [0.15, 0.2) is 83.5 Å². The molecule has 0 amide bonds. The van der Waals surface area contributed by atoms with Gasteiger partial charge in [0.15, 0.2) is 5.76 Å². The van der Waals surface area contributed by atoms with Crippen molar-refractivity contribution in [3.63, 3.8) is 0 Å². The summed E-state index contributed by atoms with van der Waals surface area (Å²) in [6, 6.07) is 23.1. The van der Waals surface area contributed by atoms with Crippen LogP contribution in [0.4, 0.5) is 5.95 Å². The Bertz CT molecular complexity index is 1220. The van der Waals surface area contributed by atoms with Gasteiger partial charge in [-0.1, -0.05) is 48.5 Å². The third-order valence-corrected chi connectivity index (χ3v) is 4.18. The van der Waals surface area contributed by atoms with Crippen molar-refractivity contribution in [3.8, 4) is 23.3 Å². The Labute approximate surface area is 165 Å². The smallest absolute Gasteiger partial charge is 0.328 e. The lowest BCUT2D eigenvalue weighted by Crippen LogP contribution is -2.09. The maximum Gasteiger partial charge on any atom is 0.328 e. The Balaban J connectivity index is 1.53. The van der Waals surface area contributed by atoms with Gasteiger partial charge in [0.25, 0.3) is 5.78 Å². The first-order valence-electron chi connectivity index (χ1n) is 9.04. The van der Waals surface area contributed by atoms with Crippen LogP contribution in [0.3, 0.4) is 0 Å². The van der Waals surface area contributed by atoms with Gasteiger partial charge in [-0.05, 0) is 29.8 Å². The number of furan rings is 1. The summed E-state index contributed by atoms with van der Waals surface area (Å²) in [4.78, 5) is 13.3. The van der Waals surface area contributed by atoms with Crippen molar-refractivity contribution in [2.24, 2.45) is 0 Å². The second kappa shape index (κ2) is 7.43. The van der Waals surface area contributed by atoms with Gasteiger partial charge < -0.3 is 14.5 Å². The molecule has 1 N–H and O–H groups in total. The van der Waals surface area contributed by atoms with Gasteiger partial charge >= 0.3 is 6.01 Å². The summed E-state index contributed by atoms with van der Waals surface area (Å²) in [5.41, 5.74) is 1.11. The van der Waals surface area contributed by atoms with Gasteiger partial charge in [-0.15, -0.1) is 5.10 Å². The fourth-order valence-corrected chi connectivity index (χ4v) is 2.81. The van der Waals surface area contributed by atoms with E-state index in [9.17, 15) is 0 Å². The van der Waals surface area contributed by atoms with Crippen LogP contribution in [0.2, 0.25) is 0 Å². The third kappa shape index (κ3) is 3.63. The molecule has 0 atom stereocenters. The van der Waals surface area contributed by atoms with Crippen molar-refractivity contribution in [1.82, 2.24) is 24.6 Å². The SMILES string of the molecule is c1ccc(CNc2nc(Oc3ccccc3)nc3nc(-c4ccco4)nn23)cc1. The molecule has 0 saturated heterocycles. The second-order valence-corrected chi connectivity index (χ2v) is 6.21. The Morgan fingerprint density at radius 3 is 2.41 bits per heavy atom. The van der Waals surface area contributed by atoms with E-state index < -0.39 is 0 Å². The number of rotatable bonds is 6. The van der Waals surface area contributed by atoms with E-state index in [-0.39, 0.29) is 6.01 Å². The van der Waals surface area contributed by atoms with Crippen LogP contribution in [-0.2, 0) is 6.54 Å². The van der Waals surface area contributed by atoms with Gasteiger partial charge in [0, 0.05) is 6.54 Å². The maximum absolute atomic E-state index is 5.81. The van der Waals surface area contributed by atoms with Crippen molar-refractivity contribution >= 4 is 11.7 Å². The van der Waals surface area contributed by atoms with Crippen LogP contribution in [0.5, 0.6) is 11.8 Å². The van der Waals surface area contributed by atoms with E-state index in [2.05, 4.69) is 25.4 Å². The molecule has 3 aromatic heterocycles. The highest BCUT2D eigenvalue weighted by Gasteiger charge is 2.16. The Morgan fingerprint density at radius 2 is 1.66 bits per heavy atom. The van der Waals surface area contributed by atoms with Crippen molar-refractivity contribution in [1.29, 1.82) is 0 Å². The minimum Gasteiger partial charge on any atom is -0.461 e. The maximum atomic E-state index is 5.81. The van der Waals surface area contributed by atoms with Crippen LogP contribution in [-0.4, -0.2) is 24.6 Å². The molecule has 0 fully saturated rings. The number of hydrogen-bond acceptors (Lipinski definition) is 7. The lowest BCUT2D eigenvalue weighted by Gasteiger charge is -2.09. The molecule has 142 valence electrons. The zero-order valence-corrected chi connectivity index (χ0v) is 15.3. The fraction of sp³-hybridized carbons (Fsp3) is 0.0476. The Morgan fingerprint density at radius 1 is 0.862 bits per heavy atom. The van der Waals surface area contributed by atoms with E-state index in [0.717, 1.165) is 5.56 Å². The highest BCUT2D eigenvalue weighted by Crippen LogP contribution is 2.22. The molecule has 0 aliphatic heterocycles. The largest absolute Gasteiger partial charge is 0.461 e. The van der Waals surface area contributed by atoms with E-state index in [4.69, 9.17) is 9.15 Å². The minimum atomic E-state index is 0.178. The average molecular weight is 384 g/mol. The molecular formula is C21H16N6O2. The van der Waals surface area contributed by atoms with Crippen LogP contribution >= 0.6 is 0 Å². The Hall–Kier alpha value is -4.20. The molecule has 5 rings (SSSR count). The van der Waals surface area contributed by atoms with Crippen LogP contribution in [0, 0.1) is 0 Å². The Kier molecular flexibility index (Phi) is 4.34. The number of benzene rings is 2. The quantitative estimate of drug-likeness (QED) is 0.469. The van der Waals surface area contributed by atoms with E-state index in [0.29, 0.717) is 35.6 Å². The van der Waals surface area contributed by atoms with Crippen molar-refractivity contribution in [2.75, 3.05) is 5.32 Å². The number of anilines is 1. The molecule has 2 aromatic carbocycles. The molecule has 0 aliphatic carbocycles. The molecule has 8 nitrogen and oxygen atoms in total. The lowest BCUT2D eigenvalue weighted by atomic mass is 10.2. The van der Waals surface area contributed by atoms with E-state index in [1.54, 1.807) is 22.9 Å². The molecule has 3 heterocycles. The summed E-state index contributed by atoms with van der Waals surface area (Å²) in [6.07, 6.45) is 1.57. The summed E-state index contributed by atoms with van der Waals surface area (Å²) < 4.78 is 12.8. The molecule has 5 aromatic rings. The first-order chi connectivity index (χ1) is 14.3. The molecule has 0 bridgehead atoms. The normalized spacial score (nSPS) is 10.9. The lowest BCUT2D eigenvalue weighted by molar-refractivity contribution is 0.441. The molecule has 0 radical (unpaired) electrons. The van der Waals surface area contributed by atoms with Gasteiger partial charge in [-0.3, -0.25) is 0 Å². The van der Waals surface area contributed by atoms with Crippen LogP contribution in [0.25, 0.3) is 17.4 Å². The zero-order valence-electron chi connectivity index (χ0n) is 15.3. The predicted octanol–water partition coefficient (Wildman–Crippen LogP) is 4.18. The average Bonchev–Trinajstić information content (AvgIpc) is 3.43. The molecule has 0 spiro atoms. The number of fused-ring (bicyclic) bond motifs is 1. The van der Waals surface area contributed by atoms with Crippen LogP contribution in [0.1, 0.15) is 5.56 Å². The molecule has 0 saturated carbocycles. The first kappa shape index (κ1) is 16.9. The standard InChI is InChI=1S/C21H16N6O2/c1-3-8-15(9-4-1)14-22-19-24-21(29-16-10-5-2-6-11-16)25-20-23-18(26-27(19)20)17-12-7-13-28-17/h1-13H,14H2,(H,22,23,24,25,26). The summed E-state index contributed by atoms with van der Waals surface area (Å²) >= 11 is 0. The van der Waals surface area contributed by atoms with Crippen LogP contribution < -0.4 is 10.1 Å². The highest BCUT2D eigenvalue weighted by atomic mass is 16.5. The molecule has 0 aliphatic rings. The fourth-order valence-electron chi connectivity index (χ4n) is 2.81. The van der Waals surface area contributed by atoms with E-state index in [1.807, 2.05) is 60.7 Å². The second-order valence-electron chi connectivity index (χ2n) is 6.21. The molecule has 0 unspecified atom stereocenters. The predicted molar refractivity (Wildman–Crippen MR) is 107 cm³/mol. The van der Waals surface area contributed by atoms with Crippen molar-refractivity contribution < 1.29 is 9.15 Å². The summed E-state index contributed by atoms with van der Waals surface area (Å²) in [5.74, 6) is 2.43. The summed E-state index contributed by atoms with van der Waals surface area (Å²) in [5, 5.41) is 7.77. The summed E-state index contributed by atoms with van der Waals surface area (Å²) in [7, 11) is 0. The van der Waals surface area contributed by atoms with Gasteiger partial charge in [0.2, 0.25) is 11.8 Å². The number of para-hydroxylation sites is 1. The van der Waals surface area contributed by atoms with E-state index >= 15 is 0 Å². The molecule has 29 heavy (non-hydrogen) atoms. The van der Waals surface area contributed by atoms with Gasteiger partial charge in [-0.2, -0.15) is 19.5 Å². The third-order valence-electron chi connectivity index (χ3n) is 4.18. The molecular weight excluding hydrogens is 368 g/mol. The minimum absolute atomic E-state index is 0.178. The van der Waals surface area contributed by atoms with Crippen molar-refractivity contribution in [3.05, 3.63) is 84.6 Å². The van der Waals surface area contributed by atoms with Gasteiger partial charge in [0.05, 0.1) is 6.26 Å². The molecule has 8 heteroatoms. The number of nitrogens with one attached hydrogen (secondary N) is 1. The monoisotopic (exact) mass is 384 g/mol. The van der Waals surface area contributed by atoms with E-state index in [1.165, 1.54) is 0 Å². The first-order valence-corrected chi connectivity index (χ1v) is 9.04. The van der Waals surface area contributed by atoms with Gasteiger partial charge in [-0.25, -0.2) is 0 Å². The van der Waals surface area contributed by atoms with Gasteiger partial charge in [0.1, 0.15) is 5.75 Å². The summed E-state index contributed by atoms with van der Waals surface area (Å²) in [6.45, 7) is 0.563. The number of nitrogens with zero attached hydrogens (tertiary/aromatic N) is 5. The number of aromatic nitrogens is 5. The number of hydrogen-bond donors (Lipinski definition) is 1. The van der Waals surface area contributed by atoms with Crippen molar-refractivity contribution in [2.45, 2.75) is 6.54 Å². The topological polar surface area (TPSA) is 90.4 Å².